The van der Waals surface area contributed by atoms with Crippen molar-refractivity contribution in [2.24, 2.45) is 0 Å². The molecule has 0 heterocycles. The summed E-state index contributed by atoms with van der Waals surface area (Å²) in [5.41, 5.74) is 1.13. The highest BCUT2D eigenvalue weighted by Crippen LogP contribution is 2.23. The molecule has 0 spiro atoms. The van der Waals surface area contributed by atoms with Crippen LogP contribution in [0.1, 0.15) is 39.0 Å². The molecule has 0 bridgehead atoms. The Morgan fingerprint density at radius 2 is 2.05 bits per heavy atom. The first-order chi connectivity index (χ1) is 9.67. The first-order valence-electron chi connectivity index (χ1n) is 7.28. The van der Waals surface area contributed by atoms with E-state index < -0.39 is 5.97 Å². The first kappa shape index (κ1) is 16.9. The minimum atomic E-state index is -0.732. The molecule has 0 amide bonds. The molecule has 1 aromatic carbocycles. The molecule has 0 saturated carbocycles. The van der Waals surface area contributed by atoms with Crippen molar-refractivity contribution in [2.75, 3.05) is 24.2 Å². The molecular formula is C16H25NO2S. The Hall–Kier alpha value is -1.16. The minimum Gasteiger partial charge on any atom is -0.481 e. The Balaban J connectivity index is 2.66. The van der Waals surface area contributed by atoms with Crippen LogP contribution in [0.2, 0.25) is 0 Å². The van der Waals surface area contributed by atoms with Crippen molar-refractivity contribution < 1.29 is 9.90 Å². The van der Waals surface area contributed by atoms with Crippen LogP contribution in [-0.4, -0.2) is 30.4 Å². The summed E-state index contributed by atoms with van der Waals surface area (Å²) < 4.78 is 0. The highest BCUT2D eigenvalue weighted by atomic mass is 32.2. The van der Waals surface area contributed by atoms with Crippen LogP contribution in [0, 0.1) is 0 Å². The van der Waals surface area contributed by atoms with Crippen molar-refractivity contribution >= 4 is 23.4 Å². The van der Waals surface area contributed by atoms with Gasteiger partial charge in [-0.3, -0.25) is 4.79 Å². The highest BCUT2D eigenvalue weighted by Gasteiger charge is 2.09. The molecule has 1 N–H and O–H groups in total. The van der Waals surface area contributed by atoms with E-state index in [1.54, 1.807) is 11.8 Å². The maximum Gasteiger partial charge on any atom is 0.305 e. The molecule has 0 unspecified atom stereocenters. The monoisotopic (exact) mass is 295 g/mol. The number of carboxylic acid groups (broad SMARTS) is 1. The van der Waals surface area contributed by atoms with Crippen molar-refractivity contribution in [3.8, 4) is 0 Å². The van der Waals surface area contributed by atoms with Crippen molar-refractivity contribution in [1.29, 1.82) is 0 Å². The molecule has 0 aliphatic rings. The number of rotatable bonds is 10. The van der Waals surface area contributed by atoms with Gasteiger partial charge in [0.25, 0.3) is 0 Å². The first-order valence-corrected chi connectivity index (χ1v) is 8.50. The third-order valence-electron chi connectivity index (χ3n) is 3.30. The average Bonchev–Trinajstić information content (AvgIpc) is 2.46. The van der Waals surface area contributed by atoms with Gasteiger partial charge in [-0.25, -0.2) is 0 Å². The van der Waals surface area contributed by atoms with Crippen LogP contribution in [0.4, 0.5) is 5.69 Å². The Labute approximate surface area is 126 Å². The number of hydrogen-bond acceptors (Lipinski definition) is 3. The fourth-order valence-electron chi connectivity index (χ4n) is 2.14. The van der Waals surface area contributed by atoms with Gasteiger partial charge in [0.1, 0.15) is 0 Å². The van der Waals surface area contributed by atoms with Gasteiger partial charge in [-0.15, -0.1) is 11.8 Å². The van der Waals surface area contributed by atoms with Crippen LogP contribution in [0.25, 0.3) is 0 Å². The lowest BCUT2D eigenvalue weighted by Gasteiger charge is -2.24. The van der Waals surface area contributed by atoms with Gasteiger partial charge in [-0.05, 0) is 30.9 Å². The van der Waals surface area contributed by atoms with Crippen LogP contribution in [-0.2, 0) is 4.79 Å². The van der Waals surface area contributed by atoms with Crippen LogP contribution in [0.3, 0.4) is 0 Å². The second-order valence-corrected chi connectivity index (χ2v) is 5.77. The van der Waals surface area contributed by atoms with Crippen molar-refractivity contribution in [1.82, 2.24) is 0 Å². The summed E-state index contributed by atoms with van der Waals surface area (Å²) in [5.74, 6) is -0.732. The van der Waals surface area contributed by atoms with Gasteiger partial charge < -0.3 is 10.0 Å². The highest BCUT2D eigenvalue weighted by molar-refractivity contribution is 7.98. The Morgan fingerprint density at radius 3 is 2.70 bits per heavy atom. The Morgan fingerprint density at radius 1 is 1.25 bits per heavy atom. The molecule has 0 saturated heterocycles. The van der Waals surface area contributed by atoms with E-state index in [1.165, 1.54) is 24.2 Å². The SMILES string of the molecule is CCCCCCN(CCC(=O)O)c1cccc(SC)c1. The summed E-state index contributed by atoms with van der Waals surface area (Å²) in [6.07, 6.45) is 7.05. The maximum atomic E-state index is 10.8. The topological polar surface area (TPSA) is 40.5 Å². The summed E-state index contributed by atoms with van der Waals surface area (Å²) in [5, 5.41) is 8.89. The van der Waals surface area contributed by atoms with Crippen LogP contribution < -0.4 is 4.90 Å². The van der Waals surface area contributed by atoms with Gasteiger partial charge in [0.05, 0.1) is 6.42 Å². The third-order valence-corrected chi connectivity index (χ3v) is 4.02. The number of carboxylic acids is 1. The fraction of sp³-hybridized carbons (Fsp3) is 0.562. The van der Waals surface area contributed by atoms with Gasteiger partial charge >= 0.3 is 5.97 Å². The zero-order chi connectivity index (χ0) is 14.8. The lowest BCUT2D eigenvalue weighted by atomic mass is 10.2. The molecule has 1 rings (SSSR count). The van der Waals surface area contributed by atoms with E-state index in [2.05, 4.69) is 36.3 Å². The summed E-state index contributed by atoms with van der Waals surface area (Å²) in [7, 11) is 0. The van der Waals surface area contributed by atoms with Gasteiger partial charge in [0.2, 0.25) is 0 Å². The summed E-state index contributed by atoms with van der Waals surface area (Å²) in [6.45, 7) is 3.72. The number of anilines is 1. The van der Waals surface area contributed by atoms with Gasteiger partial charge in [0, 0.05) is 23.7 Å². The second-order valence-electron chi connectivity index (χ2n) is 4.89. The van der Waals surface area contributed by atoms with E-state index in [-0.39, 0.29) is 6.42 Å². The van der Waals surface area contributed by atoms with Crippen molar-refractivity contribution in [2.45, 2.75) is 43.9 Å². The van der Waals surface area contributed by atoms with E-state index in [1.807, 2.05) is 6.07 Å². The van der Waals surface area contributed by atoms with Crippen LogP contribution >= 0.6 is 11.8 Å². The molecule has 0 atom stereocenters. The number of thioether (sulfide) groups is 1. The predicted molar refractivity (Wildman–Crippen MR) is 86.8 cm³/mol. The molecule has 0 aliphatic heterocycles. The number of hydrogen-bond donors (Lipinski definition) is 1. The zero-order valence-electron chi connectivity index (χ0n) is 12.5. The summed E-state index contributed by atoms with van der Waals surface area (Å²) in [6, 6.07) is 8.34. The zero-order valence-corrected chi connectivity index (χ0v) is 13.3. The number of benzene rings is 1. The van der Waals surface area contributed by atoms with Crippen molar-refractivity contribution in [3.05, 3.63) is 24.3 Å². The average molecular weight is 295 g/mol. The Kier molecular flexibility index (Phi) is 8.19. The molecule has 0 radical (unpaired) electrons. The van der Waals surface area contributed by atoms with Gasteiger partial charge in [-0.1, -0.05) is 32.3 Å². The lowest BCUT2D eigenvalue weighted by molar-refractivity contribution is -0.136. The number of aliphatic carboxylic acids is 1. The van der Waals surface area contributed by atoms with Crippen molar-refractivity contribution in [3.63, 3.8) is 0 Å². The van der Waals surface area contributed by atoms with Crippen LogP contribution in [0.15, 0.2) is 29.2 Å². The van der Waals surface area contributed by atoms with E-state index in [4.69, 9.17) is 5.11 Å². The minimum absolute atomic E-state index is 0.192. The molecule has 0 aliphatic carbocycles. The maximum absolute atomic E-state index is 10.8. The smallest absolute Gasteiger partial charge is 0.305 e. The van der Waals surface area contributed by atoms with E-state index in [0.29, 0.717) is 6.54 Å². The van der Waals surface area contributed by atoms with E-state index in [9.17, 15) is 4.79 Å². The second kappa shape index (κ2) is 9.70. The molecule has 1 aromatic rings. The lowest BCUT2D eigenvalue weighted by Crippen LogP contribution is -2.27. The number of unbranched alkanes of at least 4 members (excludes halogenated alkanes) is 3. The molecule has 3 nitrogen and oxygen atoms in total. The normalized spacial score (nSPS) is 10.5. The fourth-order valence-corrected chi connectivity index (χ4v) is 2.59. The number of nitrogens with zero attached hydrogens (tertiary/aromatic N) is 1. The quantitative estimate of drug-likeness (QED) is 0.517. The van der Waals surface area contributed by atoms with Gasteiger partial charge in [-0.2, -0.15) is 0 Å². The number of carbonyl (C=O) groups is 1. The summed E-state index contributed by atoms with van der Waals surface area (Å²) >= 11 is 1.71. The molecule has 20 heavy (non-hydrogen) atoms. The molecule has 0 fully saturated rings. The van der Waals surface area contributed by atoms with E-state index in [0.717, 1.165) is 18.7 Å². The molecule has 112 valence electrons. The largest absolute Gasteiger partial charge is 0.481 e. The van der Waals surface area contributed by atoms with E-state index >= 15 is 0 Å². The molecular weight excluding hydrogens is 270 g/mol. The third kappa shape index (κ3) is 6.33. The molecule has 4 heteroatoms. The molecule has 0 aromatic heterocycles. The predicted octanol–water partition coefficient (Wildman–Crippen LogP) is 4.27. The summed E-state index contributed by atoms with van der Waals surface area (Å²) in [4.78, 5) is 14.2. The Bertz CT molecular complexity index is 409. The van der Waals surface area contributed by atoms with Gasteiger partial charge in [0.15, 0.2) is 0 Å². The standard InChI is InChI=1S/C16H25NO2S/c1-3-4-5-6-11-17(12-10-16(18)19)14-8-7-9-15(13-14)20-2/h7-9,13H,3-6,10-12H2,1-2H3,(H,18,19). The van der Waals surface area contributed by atoms with Crippen LogP contribution in [0.5, 0.6) is 0 Å².